The first-order chi connectivity index (χ1) is 15.6. The minimum absolute atomic E-state index is 0.0720. The number of nitrogens with one attached hydrogen (secondary N) is 7. The van der Waals surface area contributed by atoms with E-state index in [1.54, 1.807) is 6.20 Å². The van der Waals surface area contributed by atoms with Gasteiger partial charge >= 0.3 is 0 Å². The van der Waals surface area contributed by atoms with E-state index in [9.17, 15) is 4.79 Å². The van der Waals surface area contributed by atoms with E-state index in [0.29, 0.717) is 6.54 Å². The van der Waals surface area contributed by atoms with Crippen molar-refractivity contribution in [3.05, 3.63) is 66.4 Å². The molecule has 3 atom stereocenters. The van der Waals surface area contributed by atoms with Crippen molar-refractivity contribution in [1.29, 1.82) is 0 Å². The number of fused-ring (bicyclic) bond motifs is 1. The third-order valence-corrected chi connectivity index (χ3v) is 5.31. The number of hydrogen-bond acceptors (Lipinski definition) is 8. The van der Waals surface area contributed by atoms with Gasteiger partial charge < -0.3 is 10.6 Å². The van der Waals surface area contributed by atoms with Crippen LogP contribution in [0.15, 0.2) is 60.8 Å². The second-order valence-electron chi connectivity index (χ2n) is 7.38. The molecule has 1 aromatic heterocycles. The number of halogens is 1. The maximum absolute atomic E-state index is 11.5. The highest BCUT2D eigenvalue weighted by atomic mass is 35.5. The Labute approximate surface area is 191 Å². The zero-order valence-electron chi connectivity index (χ0n) is 17.7. The van der Waals surface area contributed by atoms with Gasteiger partial charge in [0.05, 0.1) is 11.2 Å². The molecule has 168 valence electrons. The Morgan fingerprint density at radius 1 is 1.03 bits per heavy atom. The minimum Gasteiger partial charge on any atom is -0.356 e. The van der Waals surface area contributed by atoms with Crippen molar-refractivity contribution in [2.24, 2.45) is 0 Å². The number of carbonyl (C=O) groups is 1. The number of para-hydroxylation sites is 1. The van der Waals surface area contributed by atoms with Crippen LogP contribution in [0.3, 0.4) is 0 Å². The van der Waals surface area contributed by atoms with E-state index in [4.69, 9.17) is 11.6 Å². The fraction of sp³-hybridized carbons (Fsp3) is 0.273. The molecule has 2 heterocycles. The molecular formula is C22H27ClN8O. The van der Waals surface area contributed by atoms with Crippen molar-refractivity contribution < 1.29 is 4.79 Å². The molecule has 0 saturated carbocycles. The summed E-state index contributed by atoms with van der Waals surface area (Å²) in [6, 6.07) is 17.7. The van der Waals surface area contributed by atoms with Crippen LogP contribution in [-0.4, -0.2) is 42.7 Å². The Hall–Kier alpha value is -2.79. The Bertz CT molecular complexity index is 1060. The minimum atomic E-state index is -0.229. The molecule has 3 aromatic rings. The standard InChI is InChI=1S/C22H27ClN8O/c1-24-20-29-21(26-13-14-5-2-8-16(11-14)27-18(32)12-23)31-22(30-20)28-17-9-3-6-15-7-4-10-25-19(15)17/h2-11,20-22,24,26,28-31H,12-13H2,1H3,(H,27,32). The van der Waals surface area contributed by atoms with Gasteiger partial charge in [-0.1, -0.05) is 30.3 Å². The number of pyridine rings is 1. The van der Waals surface area contributed by atoms with Gasteiger partial charge in [0.25, 0.3) is 0 Å². The van der Waals surface area contributed by atoms with Gasteiger partial charge in [-0.15, -0.1) is 11.6 Å². The molecule has 1 fully saturated rings. The van der Waals surface area contributed by atoms with E-state index in [2.05, 4.69) is 42.2 Å². The molecule has 1 aliphatic rings. The van der Waals surface area contributed by atoms with Crippen LogP contribution in [0.5, 0.6) is 0 Å². The molecule has 1 amide bonds. The lowest BCUT2D eigenvalue weighted by molar-refractivity contribution is -0.113. The van der Waals surface area contributed by atoms with E-state index in [1.807, 2.05) is 61.6 Å². The topological polar surface area (TPSA) is 114 Å². The molecule has 10 heteroatoms. The number of benzene rings is 2. The molecule has 0 aliphatic carbocycles. The van der Waals surface area contributed by atoms with Crippen molar-refractivity contribution in [2.45, 2.75) is 25.4 Å². The summed E-state index contributed by atoms with van der Waals surface area (Å²) in [5.41, 5.74) is 3.60. The molecule has 32 heavy (non-hydrogen) atoms. The lowest BCUT2D eigenvalue weighted by Gasteiger charge is -2.39. The first kappa shape index (κ1) is 22.4. The average molecular weight is 455 g/mol. The second-order valence-corrected chi connectivity index (χ2v) is 7.64. The third-order valence-electron chi connectivity index (χ3n) is 5.06. The predicted octanol–water partition coefficient (Wildman–Crippen LogP) is 1.47. The number of alkyl halides is 1. The zero-order chi connectivity index (χ0) is 22.3. The number of rotatable bonds is 8. The van der Waals surface area contributed by atoms with Gasteiger partial charge in [-0.25, -0.2) is 0 Å². The molecule has 9 nitrogen and oxygen atoms in total. The van der Waals surface area contributed by atoms with Crippen LogP contribution < -0.4 is 37.2 Å². The van der Waals surface area contributed by atoms with Crippen molar-refractivity contribution in [3.8, 4) is 0 Å². The Kier molecular flexibility index (Phi) is 7.48. The van der Waals surface area contributed by atoms with Crippen molar-refractivity contribution in [2.75, 3.05) is 23.6 Å². The average Bonchev–Trinajstić information content (AvgIpc) is 2.83. The molecule has 0 radical (unpaired) electrons. The summed E-state index contributed by atoms with van der Waals surface area (Å²) < 4.78 is 0. The summed E-state index contributed by atoms with van der Waals surface area (Å²) in [6.07, 6.45) is 1.27. The van der Waals surface area contributed by atoms with Crippen molar-refractivity contribution in [1.82, 2.24) is 31.6 Å². The maximum atomic E-state index is 11.5. The fourth-order valence-electron chi connectivity index (χ4n) is 3.56. The predicted molar refractivity (Wildman–Crippen MR) is 128 cm³/mol. The molecule has 3 unspecified atom stereocenters. The highest BCUT2D eigenvalue weighted by Gasteiger charge is 2.25. The van der Waals surface area contributed by atoms with Crippen LogP contribution in [0, 0.1) is 0 Å². The summed E-state index contributed by atoms with van der Waals surface area (Å²) in [4.78, 5) is 16.0. The van der Waals surface area contributed by atoms with E-state index in [-0.39, 0.29) is 30.7 Å². The molecule has 1 saturated heterocycles. The van der Waals surface area contributed by atoms with E-state index < -0.39 is 0 Å². The van der Waals surface area contributed by atoms with Crippen LogP contribution in [0.1, 0.15) is 5.56 Å². The third kappa shape index (κ3) is 5.71. The Balaban J connectivity index is 1.40. The highest BCUT2D eigenvalue weighted by Crippen LogP contribution is 2.21. The quantitative estimate of drug-likeness (QED) is 0.256. The molecular weight excluding hydrogens is 428 g/mol. The first-order valence-corrected chi connectivity index (χ1v) is 10.9. The monoisotopic (exact) mass is 454 g/mol. The van der Waals surface area contributed by atoms with E-state index in [1.165, 1.54) is 0 Å². The van der Waals surface area contributed by atoms with Crippen molar-refractivity contribution >= 4 is 39.8 Å². The zero-order valence-corrected chi connectivity index (χ0v) is 18.4. The summed E-state index contributed by atoms with van der Waals surface area (Å²) in [5.74, 6) is -0.301. The normalized spacial score (nSPS) is 20.8. The Morgan fingerprint density at radius 3 is 2.66 bits per heavy atom. The number of hydrogen-bond donors (Lipinski definition) is 7. The van der Waals surface area contributed by atoms with Crippen molar-refractivity contribution in [3.63, 3.8) is 0 Å². The number of amides is 1. The van der Waals surface area contributed by atoms with Crippen LogP contribution >= 0.6 is 11.6 Å². The highest BCUT2D eigenvalue weighted by molar-refractivity contribution is 6.29. The molecule has 0 spiro atoms. The molecule has 2 aromatic carbocycles. The largest absolute Gasteiger partial charge is 0.356 e. The fourth-order valence-corrected chi connectivity index (χ4v) is 3.63. The summed E-state index contributed by atoms with van der Waals surface area (Å²) >= 11 is 5.57. The number of aromatic nitrogens is 1. The van der Waals surface area contributed by atoms with E-state index in [0.717, 1.165) is 27.8 Å². The van der Waals surface area contributed by atoms with Crippen LogP contribution in [0.25, 0.3) is 10.9 Å². The molecule has 4 rings (SSSR count). The van der Waals surface area contributed by atoms with E-state index >= 15 is 0 Å². The van der Waals surface area contributed by atoms with Gasteiger partial charge in [0.1, 0.15) is 24.7 Å². The summed E-state index contributed by atoms with van der Waals surface area (Å²) in [6.45, 7) is 0.591. The maximum Gasteiger partial charge on any atom is 0.239 e. The van der Waals surface area contributed by atoms with Gasteiger partial charge in [-0.05, 0) is 36.9 Å². The molecule has 0 bridgehead atoms. The van der Waals surface area contributed by atoms with Gasteiger partial charge in [-0.2, -0.15) is 0 Å². The second kappa shape index (κ2) is 10.7. The number of anilines is 2. The first-order valence-electron chi connectivity index (χ1n) is 10.4. The smallest absolute Gasteiger partial charge is 0.239 e. The lowest BCUT2D eigenvalue weighted by atomic mass is 10.2. The SMILES string of the molecule is CNC1NC(NCc2cccc(NC(=O)CCl)c2)NC(Nc2cccc3cccnc23)N1. The van der Waals surface area contributed by atoms with Gasteiger partial charge in [0.2, 0.25) is 5.91 Å². The summed E-state index contributed by atoms with van der Waals surface area (Å²) in [5, 5.41) is 24.3. The van der Waals surface area contributed by atoms with Crippen LogP contribution in [0.4, 0.5) is 11.4 Å². The summed E-state index contributed by atoms with van der Waals surface area (Å²) in [7, 11) is 1.88. The Morgan fingerprint density at radius 2 is 1.81 bits per heavy atom. The molecule has 7 N–H and O–H groups in total. The van der Waals surface area contributed by atoms with Crippen LogP contribution in [0.2, 0.25) is 0 Å². The van der Waals surface area contributed by atoms with Gasteiger partial charge in [0.15, 0.2) is 0 Å². The van der Waals surface area contributed by atoms with Crippen LogP contribution in [-0.2, 0) is 11.3 Å². The lowest BCUT2D eigenvalue weighted by Crippen LogP contribution is -2.75. The number of carbonyl (C=O) groups excluding carboxylic acids is 1. The van der Waals surface area contributed by atoms with Gasteiger partial charge in [-0.3, -0.25) is 36.4 Å². The molecule has 1 aliphatic heterocycles. The van der Waals surface area contributed by atoms with Gasteiger partial charge in [0, 0.05) is 23.8 Å². The number of nitrogens with zero attached hydrogens (tertiary/aromatic N) is 1.